The first kappa shape index (κ1) is 10.7. The smallest absolute Gasteiger partial charge is 0.0349 e. The summed E-state index contributed by atoms with van der Waals surface area (Å²) in [5, 5.41) is 0. The predicted octanol–water partition coefficient (Wildman–Crippen LogP) is 3.61. The summed E-state index contributed by atoms with van der Waals surface area (Å²) in [4.78, 5) is 0. The number of rotatable bonds is 3. The zero-order chi connectivity index (χ0) is 11.1. The quantitative estimate of drug-likeness (QED) is 0.798. The molecule has 0 spiro atoms. The Morgan fingerprint density at radius 2 is 1.53 bits per heavy atom. The van der Waals surface area contributed by atoms with Crippen LogP contribution in [0, 0.1) is 5.41 Å². The molecule has 1 saturated carbocycles. The Balaban J connectivity index is 2.16. The van der Waals surface area contributed by atoms with Gasteiger partial charge in [-0.2, -0.15) is 0 Å². The van der Waals surface area contributed by atoms with Crippen LogP contribution in [-0.2, 0) is 0 Å². The number of nitrogens with two attached hydrogens (primary N) is 1. The minimum absolute atomic E-state index is 0.221. The molecule has 1 aromatic rings. The summed E-state index contributed by atoms with van der Waals surface area (Å²) in [6.07, 6.45) is 2.56. The Labute approximate surface area is 92.7 Å². The summed E-state index contributed by atoms with van der Waals surface area (Å²) in [5.41, 5.74) is 9.32. The number of hydrogen-bond donors (Lipinski definition) is 1. The topological polar surface area (TPSA) is 26.0 Å². The van der Waals surface area contributed by atoms with E-state index in [4.69, 9.17) is 5.73 Å². The Morgan fingerprint density at radius 1 is 1.07 bits per heavy atom. The van der Waals surface area contributed by atoms with Crippen LogP contribution in [0.3, 0.4) is 0 Å². The molecule has 1 fully saturated rings. The summed E-state index contributed by atoms with van der Waals surface area (Å²) < 4.78 is 0. The van der Waals surface area contributed by atoms with E-state index in [1.165, 1.54) is 24.0 Å². The van der Waals surface area contributed by atoms with Crippen LogP contribution >= 0.6 is 0 Å². The summed E-state index contributed by atoms with van der Waals surface area (Å²) >= 11 is 0. The van der Waals surface area contributed by atoms with E-state index in [0.717, 1.165) is 0 Å². The fraction of sp³-hybridized carbons (Fsp3) is 0.571. The van der Waals surface area contributed by atoms with Gasteiger partial charge in [0.1, 0.15) is 0 Å². The maximum atomic E-state index is 6.26. The second-order valence-corrected chi connectivity index (χ2v) is 5.45. The van der Waals surface area contributed by atoms with E-state index in [-0.39, 0.29) is 6.04 Å². The molecule has 1 aliphatic rings. The van der Waals surface area contributed by atoms with Gasteiger partial charge in [-0.1, -0.05) is 45.0 Å². The van der Waals surface area contributed by atoms with Gasteiger partial charge in [0.2, 0.25) is 0 Å². The molecule has 1 nitrogen and oxygen atoms in total. The standard InChI is InChI=1S/C14H21N/c1-10(2)11-4-6-12(7-5-11)13(15)14(3)8-9-14/h4-7,10,13H,8-9,15H2,1-3H3/t13-/m0/s1. The van der Waals surface area contributed by atoms with Crippen LogP contribution < -0.4 is 5.73 Å². The molecule has 1 atom stereocenters. The van der Waals surface area contributed by atoms with E-state index < -0.39 is 0 Å². The molecule has 2 N–H and O–H groups in total. The molecule has 1 aromatic carbocycles. The van der Waals surface area contributed by atoms with Gasteiger partial charge < -0.3 is 5.73 Å². The van der Waals surface area contributed by atoms with Gasteiger partial charge in [-0.25, -0.2) is 0 Å². The molecule has 0 unspecified atom stereocenters. The van der Waals surface area contributed by atoms with Crippen LogP contribution in [0.2, 0.25) is 0 Å². The summed E-state index contributed by atoms with van der Waals surface area (Å²) in [6.45, 7) is 6.72. The van der Waals surface area contributed by atoms with Crippen molar-refractivity contribution in [3.63, 3.8) is 0 Å². The zero-order valence-corrected chi connectivity index (χ0v) is 9.96. The van der Waals surface area contributed by atoms with Crippen molar-refractivity contribution in [2.45, 2.75) is 45.6 Å². The second-order valence-electron chi connectivity index (χ2n) is 5.45. The first-order valence-corrected chi connectivity index (χ1v) is 5.88. The lowest BCUT2D eigenvalue weighted by Gasteiger charge is -2.19. The lowest BCUT2D eigenvalue weighted by molar-refractivity contribution is 0.451. The summed E-state index contributed by atoms with van der Waals surface area (Å²) in [7, 11) is 0. The predicted molar refractivity (Wildman–Crippen MR) is 64.8 cm³/mol. The third-order valence-corrected chi connectivity index (χ3v) is 3.75. The van der Waals surface area contributed by atoms with Crippen molar-refractivity contribution in [3.8, 4) is 0 Å². The second kappa shape index (κ2) is 3.64. The van der Waals surface area contributed by atoms with Crippen molar-refractivity contribution in [1.82, 2.24) is 0 Å². The normalized spacial score (nSPS) is 20.3. The average Bonchev–Trinajstić information content (AvgIpc) is 2.97. The van der Waals surface area contributed by atoms with E-state index in [9.17, 15) is 0 Å². The molecule has 0 saturated heterocycles. The van der Waals surface area contributed by atoms with Gasteiger partial charge >= 0.3 is 0 Å². The van der Waals surface area contributed by atoms with E-state index in [1.54, 1.807) is 0 Å². The molecule has 2 rings (SSSR count). The van der Waals surface area contributed by atoms with Gasteiger partial charge in [0.25, 0.3) is 0 Å². The number of hydrogen-bond acceptors (Lipinski definition) is 1. The van der Waals surface area contributed by atoms with E-state index in [1.807, 2.05) is 0 Å². The average molecular weight is 203 g/mol. The third kappa shape index (κ3) is 2.07. The van der Waals surface area contributed by atoms with Crippen molar-refractivity contribution < 1.29 is 0 Å². The molecule has 0 aliphatic heterocycles. The van der Waals surface area contributed by atoms with Crippen LogP contribution in [0.4, 0.5) is 0 Å². The fourth-order valence-electron chi connectivity index (χ4n) is 2.00. The van der Waals surface area contributed by atoms with Crippen LogP contribution in [-0.4, -0.2) is 0 Å². The van der Waals surface area contributed by atoms with Crippen molar-refractivity contribution in [2.75, 3.05) is 0 Å². The summed E-state index contributed by atoms with van der Waals surface area (Å²) in [5.74, 6) is 0.604. The van der Waals surface area contributed by atoms with E-state index in [2.05, 4.69) is 45.0 Å². The molecule has 0 radical (unpaired) electrons. The van der Waals surface area contributed by atoms with Gasteiger partial charge in [-0.05, 0) is 35.3 Å². The highest BCUT2D eigenvalue weighted by molar-refractivity contribution is 5.28. The highest BCUT2D eigenvalue weighted by Gasteiger charge is 2.43. The molecule has 82 valence electrons. The largest absolute Gasteiger partial charge is 0.323 e. The molecule has 0 aromatic heterocycles. The molecule has 0 bridgehead atoms. The summed E-state index contributed by atoms with van der Waals surface area (Å²) in [6, 6.07) is 9.04. The van der Waals surface area contributed by atoms with Crippen molar-refractivity contribution in [1.29, 1.82) is 0 Å². The molecule has 1 aliphatic carbocycles. The molecular formula is C14H21N. The maximum Gasteiger partial charge on any atom is 0.0349 e. The minimum Gasteiger partial charge on any atom is -0.323 e. The highest BCUT2D eigenvalue weighted by Crippen LogP contribution is 2.53. The minimum atomic E-state index is 0.221. The first-order valence-electron chi connectivity index (χ1n) is 5.88. The van der Waals surface area contributed by atoms with Gasteiger partial charge in [0.15, 0.2) is 0 Å². The maximum absolute atomic E-state index is 6.26. The highest BCUT2D eigenvalue weighted by atomic mass is 14.7. The molecule has 0 amide bonds. The molecule has 1 heteroatoms. The molecule has 15 heavy (non-hydrogen) atoms. The third-order valence-electron chi connectivity index (χ3n) is 3.75. The van der Waals surface area contributed by atoms with E-state index in [0.29, 0.717) is 11.3 Å². The van der Waals surface area contributed by atoms with Gasteiger partial charge in [0.05, 0.1) is 0 Å². The SMILES string of the molecule is CC(C)c1ccc([C@H](N)C2(C)CC2)cc1. The van der Waals surface area contributed by atoms with Crippen molar-refractivity contribution in [2.24, 2.45) is 11.1 Å². The van der Waals surface area contributed by atoms with E-state index >= 15 is 0 Å². The Morgan fingerprint density at radius 3 is 1.93 bits per heavy atom. The van der Waals surface area contributed by atoms with Crippen LogP contribution in [0.1, 0.15) is 56.7 Å². The van der Waals surface area contributed by atoms with Crippen molar-refractivity contribution >= 4 is 0 Å². The number of benzene rings is 1. The fourth-order valence-corrected chi connectivity index (χ4v) is 2.00. The molecule has 0 heterocycles. The Bertz CT molecular complexity index is 333. The Hall–Kier alpha value is -0.820. The first-order chi connectivity index (χ1) is 7.03. The molecular weight excluding hydrogens is 182 g/mol. The zero-order valence-electron chi connectivity index (χ0n) is 9.96. The monoisotopic (exact) mass is 203 g/mol. The Kier molecular flexibility index (Phi) is 2.59. The van der Waals surface area contributed by atoms with Crippen LogP contribution in [0.25, 0.3) is 0 Å². The van der Waals surface area contributed by atoms with Crippen molar-refractivity contribution in [3.05, 3.63) is 35.4 Å². The lowest BCUT2D eigenvalue weighted by Crippen LogP contribution is -2.19. The van der Waals surface area contributed by atoms with Crippen LogP contribution in [0.5, 0.6) is 0 Å². The van der Waals surface area contributed by atoms with Crippen LogP contribution in [0.15, 0.2) is 24.3 Å². The van der Waals surface area contributed by atoms with Gasteiger partial charge in [0, 0.05) is 6.04 Å². The van der Waals surface area contributed by atoms with Gasteiger partial charge in [-0.3, -0.25) is 0 Å². The lowest BCUT2D eigenvalue weighted by atomic mass is 9.91. The van der Waals surface area contributed by atoms with Gasteiger partial charge in [-0.15, -0.1) is 0 Å².